The Bertz CT molecular complexity index is 1070. The third kappa shape index (κ3) is 4.97. The van der Waals surface area contributed by atoms with Crippen molar-refractivity contribution in [2.45, 2.75) is 13.8 Å². The van der Waals surface area contributed by atoms with Gasteiger partial charge in [-0.15, -0.1) is 0 Å². The Morgan fingerprint density at radius 1 is 0.781 bits per heavy atom. The van der Waals surface area contributed by atoms with E-state index in [1.54, 1.807) is 25.8 Å². The van der Waals surface area contributed by atoms with Gasteiger partial charge in [0.1, 0.15) is 5.69 Å². The highest BCUT2D eigenvalue weighted by molar-refractivity contribution is 7.89. The van der Waals surface area contributed by atoms with E-state index in [0.717, 1.165) is 0 Å². The minimum Gasteiger partial charge on any atom is -0.335 e. The van der Waals surface area contributed by atoms with Crippen LogP contribution in [0.2, 0.25) is 0 Å². The smallest absolute Gasteiger partial charge is 0.274 e. The van der Waals surface area contributed by atoms with Crippen LogP contribution in [0.1, 0.15) is 34.8 Å². The fraction of sp³-hybridized carbons (Fsp3) is 0.722. The molecule has 0 aliphatic carbocycles. The van der Waals surface area contributed by atoms with Crippen molar-refractivity contribution in [3.05, 3.63) is 17.5 Å². The van der Waals surface area contributed by atoms with Crippen molar-refractivity contribution in [2.75, 3.05) is 63.9 Å². The molecule has 1 aromatic rings. The number of hydrogen-bond donors (Lipinski definition) is 0. The van der Waals surface area contributed by atoms with E-state index in [0.29, 0.717) is 0 Å². The minimum absolute atomic E-state index is 0.0191. The molecule has 2 saturated heterocycles. The van der Waals surface area contributed by atoms with E-state index in [4.69, 9.17) is 0 Å². The molecule has 180 valence electrons. The Hall–Kier alpha value is -2.03. The standard InChI is InChI=1S/C18H30N6O6S2/c1-4-31(27,28)23-10-6-21(7-11-23)17(25)15-14-16(20(3)19-15)18(26)22-8-12-24(13-9-22)32(29,30)5-2/h14H,4-13H2,1-3H3. The topological polar surface area (TPSA) is 133 Å². The summed E-state index contributed by atoms with van der Waals surface area (Å²) in [6.07, 6.45) is 0. The summed E-state index contributed by atoms with van der Waals surface area (Å²) in [6, 6.07) is 1.44. The molecule has 1 aromatic heterocycles. The van der Waals surface area contributed by atoms with Gasteiger partial charge in [-0.1, -0.05) is 0 Å². The number of aryl methyl sites for hydroxylation is 1. The Morgan fingerprint density at radius 3 is 1.59 bits per heavy atom. The second kappa shape index (κ2) is 9.45. The van der Waals surface area contributed by atoms with Crippen molar-refractivity contribution in [3.63, 3.8) is 0 Å². The number of piperazine rings is 2. The summed E-state index contributed by atoms with van der Waals surface area (Å²) in [7, 11) is -5.01. The van der Waals surface area contributed by atoms with Crippen LogP contribution in [0.25, 0.3) is 0 Å². The van der Waals surface area contributed by atoms with Gasteiger partial charge >= 0.3 is 0 Å². The van der Waals surface area contributed by atoms with Crippen LogP contribution in [0.5, 0.6) is 0 Å². The average Bonchev–Trinajstić information content (AvgIpc) is 3.19. The first-order chi connectivity index (χ1) is 15.0. The molecule has 2 fully saturated rings. The molecule has 14 heteroatoms. The van der Waals surface area contributed by atoms with Crippen molar-refractivity contribution in [2.24, 2.45) is 7.05 Å². The molecule has 2 aliphatic rings. The molecule has 0 saturated carbocycles. The van der Waals surface area contributed by atoms with Crippen LogP contribution in [0.4, 0.5) is 0 Å². The maximum absolute atomic E-state index is 12.9. The van der Waals surface area contributed by atoms with Crippen LogP contribution in [-0.4, -0.2) is 121 Å². The predicted octanol–water partition coefficient (Wildman–Crippen LogP) is -1.36. The van der Waals surface area contributed by atoms with E-state index in [2.05, 4.69) is 5.10 Å². The van der Waals surface area contributed by atoms with Crippen LogP contribution in [0, 0.1) is 0 Å². The highest BCUT2D eigenvalue weighted by atomic mass is 32.2. The number of hydrogen-bond acceptors (Lipinski definition) is 7. The SMILES string of the molecule is CCS(=O)(=O)N1CCN(C(=O)c2cc(C(=O)N3CCN(S(=O)(=O)CC)CC3)n(C)n2)CC1. The summed E-state index contributed by atoms with van der Waals surface area (Å²) in [4.78, 5) is 28.9. The van der Waals surface area contributed by atoms with E-state index < -0.39 is 20.0 Å². The predicted molar refractivity (Wildman–Crippen MR) is 117 cm³/mol. The maximum Gasteiger partial charge on any atom is 0.274 e. The number of sulfonamides is 2. The van der Waals surface area contributed by atoms with Crippen LogP contribution in [0.3, 0.4) is 0 Å². The van der Waals surface area contributed by atoms with Gasteiger partial charge in [0.05, 0.1) is 11.5 Å². The molecule has 0 atom stereocenters. The number of carbonyl (C=O) groups excluding carboxylic acids is 2. The molecule has 0 radical (unpaired) electrons. The highest BCUT2D eigenvalue weighted by Gasteiger charge is 2.32. The van der Waals surface area contributed by atoms with Gasteiger partial charge in [-0.3, -0.25) is 14.3 Å². The first-order valence-corrected chi connectivity index (χ1v) is 13.8. The normalized spacial score (nSPS) is 19.3. The van der Waals surface area contributed by atoms with Crippen LogP contribution < -0.4 is 0 Å². The minimum atomic E-state index is -3.29. The monoisotopic (exact) mass is 490 g/mol. The third-order valence-corrected chi connectivity index (χ3v) is 9.65. The number of rotatable bonds is 6. The van der Waals surface area contributed by atoms with Gasteiger partial charge in [-0.2, -0.15) is 13.7 Å². The van der Waals surface area contributed by atoms with E-state index >= 15 is 0 Å². The van der Waals surface area contributed by atoms with E-state index in [9.17, 15) is 26.4 Å². The van der Waals surface area contributed by atoms with Crippen molar-refractivity contribution in [3.8, 4) is 0 Å². The molecule has 0 spiro atoms. The average molecular weight is 491 g/mol. The number of nitrogens with zero attached hydrogens (tertiary/aromatic N) is 6. The second-order valence-electron chi connectivity index (χ2n) is 7.72. The quantitative estimate of drug-likeness (QED) is 0.481. The molecule has 2 amide bonds. The Balaban J connectivity index is 1.64. The lowest BCUT2D eigenvalue weighted by molar-refractivity contribution is 0.0683. The number of carbonyl (C=O) groups is 2. The molecular formula is C18H30N6O6S2. The van der Waals surface area contributed by atoms with Crippen molar-refractivity contribution >= 4 is 31.9 Å². The zero-order valence-corrected chi connectivity index (χ0v) is 20.2. The van der Waals surface area contributed by atoms with Gasteiger partial charge < -0.3 is 9.80 Å². The van der Waals surface area contributed by atoms with Gasteiger partial charge in [0, 0.05) is 65.5 Å². The highest BCUT2D eigenvalue weighted by Crippen LogP contribution is 2.15. The summed E-state index contributed by atoms with van der Waals surface area (Å²) in [5.41, 5.74) is 0.363. The second-order valence-corrected chi connectivity index (χ2v) is 12.2. The van der Waals surface area contributed by atoms with Gasteiger partial charge in [0.2, 0.25) is 20.0 Å². The molecule has 3 heterocycles. The van der Waals surface area contributed by atoms with Crippen LogP contribution >= 0.6 is 0 Å². The largest absolute Gasteiger partial charge is 0.335 e. The Kier molecular flexibility index (Phi) is 7.27. The van der Waals surface area contributed by atoms with Gasteiger partial charge in [-0.25, -0.2) is 16.8 Å². The molecule has 0 N–H and O–H groups in total. The molecule has 0 unspecified atom stereocenters. The van der Waals surface area contributed by atoms with Gasteiger partial charge in [0.15, 0.2) is 5.69 Å². The molecular weight excluding hydrogens is 460 g/mol. The Morgan fingerprint density at radius 2 is 1.19 bits per heavy atom. The van der Waals surface area contributed by atoms with Crippen LogP contribution in [0.15, 0.2) is 6.07 Å². The van der Waals surface area contributed by atoms with Crippen LogP contribution in [-0.2, 0) is 27.1 Å². The summed E-state index contributed by atoms with van der Waals surface area (Å²) < 4.78 is 52.1. The molecule has 2 aliphatic heterocycles. The third-order valence-electron chi connectivity index (χ3n) is 5.89. The van der Waals surface area contributed by atoms with E-state index in [1.165, 1.54) is 24.3 Å². The lowest BCUT2D eigenvalue weighted by Crippen LogP contribution is -2.51. The van der Waals surface area contributed by atoms with Crippen molar-refractivity contribution < 1.29 is 26.4 Å². The summed E-state index contributed by atoms with van der Waals surface area (Å²) >= 11 is 0. The first-order valence-electron chi connectivity index (χ1n) is 10.6. The van der Waals surface area contributed by atoms with Gasteiger partial charge in [-0.05, 0) is 13.8 Å². The fourth-order valence-corrected chi connectivity index (χ4v) is 5.97. The first kappa shape index (κ1) is 24.6. The van der Waals surface area contributed by atoms with E-state index in [-0.39, 0.29) is 87.1 Å². The molecule has 32 heavy (non-hydrogen) atoms. The summed E-state index contributed by atoms with van der Waals surface area (Å²) in [5.74, 6) is -0.628. The molecule has 0 aromatic carbocycles. The zero-order chi connectivity index (χ0) is 23.7. The van der Waals surface area contributed by atoms with Gasteiger partial charge in [0.25, 0.3) is 11.8 Å². The zero-order valence-electron chi connectivity index (χ0n) is 18.6. The van der Waals surface area contributed by atoms with Crippen molar-refractivity contribution in [1.82, 2.24) is 28.2 Å². The lowest BCUT2D eigenvalue weighted by Gasteiger charge is -2.33. The van der Waals surface area contributed by atoms with E-state index in [1.807, 2.05) is 0 Å². The lowest BCUT2D eigenvalue weighted by atomic mass is 10.2. The fourth-order valence-electron chi connectivity index (χ4n) is 3.80. The molecule has 3 rings (SSSR count). The Labute approximate surface area is 188 Å². The molecule has 12 nitrogen and oxygen atoms in total. The summed E-state index contributed by atoms with van der Waals surface area (Å²) in [6.45, 7) is 5.13. The molecule has 0 bridgehead atoms. The van der Waals surface area contributed by atoms with Crippen molar-refractivity contribution in [1.29, 1.82) is 0 Å². The number of aromatic nitrogens is 2. The maximum atomic E-state index is 12.9. The number of amides is 2. The summed E-state index contributed by atoms with van der Waals surface area (Å²) in [5, 5.41) is 4.19.